The van der Waals surface area contributed by atoms with Crippen LogP contribution < -0.4 is 0 Å². The summed E-state index contributed by atoms with van der Waals surface area (Å²) in [4.78, 5) is 11.5. The Morgan fingerprint density at radius 2 is 1.88 bits per heavy atom. The van der Waals surface area contributed by atoms with Gasteiger partial charge in [0.15, 0.2) is 5.79 Å². The molecule has 0 radical (unpaired) electrons. The van der Waals surface area contributed by atoms with Crippen LogP contribution in [0.5, 0.6) is 0 Å². The van der Waals surface area contributed by atoms with E-state index in [-0.39, 0.29) is 23.3 Å². The van der Waals surface area contributed by atoms with Gasteiger partial charge in [-0.25, -0.2) is 0 Å². The first kappa shape index (κ1) is 22.6. The predicted molar refractivity (Wildman–Crippen MR) is 127 cm³/mol. The number of fused-ring (bicyclic) bond motifs is 7. The molecule has 33 heavy (non-hydrogen) atoms. The summed E-state index contributed by atoms with van der Waals surface area (Å²) < 4.78 is 19.0. The smallest absolute Gasteiger partial charge is 0.302 e. The maximum atomic E-state index is 11.5. The Labute approximate surface area is 200 Å². The predicted octanol–water partition coefficient (Wildman–Crippen LogP) is 6.14. The number of carbonyl (C=O) groups is 1. The van der Waals surface area contributed by atoms with Gasteiger partial charge in [0.05, 0.1) is 12.7 Å². The van der Waals surface area contributed by atoms with Crippen molar-refractivity contribution >= 4 is 5.97 Å². The third-order valence-electron chi connectivity index (χ3n) is 11.7. The second-order valence-corrected chi connectivity index (χ2v) is 13.3. The number of esters is 1. The lowest BCUT2D eigenvalue weighted by atomic mass is 9.46. The SMILES string of the molecule is CC(=O)O[C@@H]1CC[C@@]2(C)[C@@H](CC[C@H]3[C@@H]4C[C@@H]5O[C@]6(CC[C@H](C)CO6)[C@@H](C)[C@@H]5[C@@]4(C)C=C[C@@H]32)C1. The van der Waals surface area contributed by atoms with Gasteiger partial charge < -0.3 is 14.2 Å². The molecule has 0 aromatic carbocycles. The van der Waals surface area contributed by atoms with Crippen LogP contribution in [0.3, 0.4) is 0 Å². The zero-order valence-electron chi connectivity index (χ0n) is 21.3. The maximum Gasteiger partial charge on any atom is 0.302 e. The van der Waals surface area contributed by atoms with Gasteiger partial charge in [-0.05, 0) is 85.4 Å². The fourth-order valence-electron chi connectivity index (χ4n) is 9.92. The van der Waals surface area contributed by atoms with E-state index in [2.05, 4.69) is 39.8 Å². The lowest BCUT2D eigenvalue weighted by Crippen LogP contribution is -2.53. The maximum absolute atomic E-state index is 11.5. The Morgan fingerprint density at radius 1 is 1.06 bits per heavy atom. The summed E-state index contributed by atoms with van der Waals surface area (Å²) >= 11 is 0. The van der Waals surface area contributed by atoms with Crippen LogP contribution in [-0.2, 0) is 19.0 Å². The third kappa shape index (κ3) is 3.18. The van der Waals surface area contributed by atoms with Gasteiger partial charge in [0.25, 0.3) is 0 Å². The van der Waals surface area contributed by atoms with Gasteiger partial charge >= 0.3 is 5.97 Å². The highest BCUT2D eigenvalue weighted by Crippen LogP contribution is 2.69. The Morgan fingerprint density at radius 3 is 2.61 bits per heavy atom. The van der Waals surface area contributed by atoms with Crippen molar-refractivity contribution in [3.63, 3.8) is 0 Å². The Bertz CT molecular complexity index is 827. The highest BCUT2D eigenvalue weighted by atomic mass is 16.7. The highest BCUT2D eigenvalue weighted by molar-refractivity contribution is 5.66. The van der Waals surface area contributed by atoms with Crippen LogP contribution in [0.2, 0.25) is 0 Å². The average Bonchev–Trinajstić information content (AvgIpc) is 3.21. The first-order chi connectivity index (χ1) is 15.7. The standard InChI is InChI=1S/C29H44O4/c1-17-8-13-29(31-16-17)18(2)26-25(33-29)15-24-22-7-6-20-14-21(32-19(3)30)9-11-27(20,4)23(22)10-12-28(24,26)5/h10,12,17-18,20-26H,6-9,11,13-16H2,1-5H3/t17-,18-,20-,21+,22+,23-,24-,25-,26-,27-,28-,29+/m0/s1. The highest BCUT2D eigenvalue weighted by Gasteiger charge is 2.68. The zero-order valence-corrected chi connectivity index (χ0v) is 21.3. The first-order valence-electron chi connectivity index (χ1n) is 13.8. The van der Waals surface area contributed by atoms with Crippen molar-refractivity contribution < 1.29 is 19.0 Å². The molecule has 2 aliphatic heterocycles. The van der Waals surface area contributed by atoms with Crippen LogP contribution in [0, 0.1) is 52.3 Å². The molecule has 2 heterocycles. The molecule has 2 saturated heterocycles. The van der Waals surface area contributed by atoms with E-state index in [0.29, 0.717) is 47.0 Å². The van der Waals surface area contributed by atoms with Crippen molar-refractivity contribution in [2.75, 3.05) is 6.61 Å². The zero-order chi connectivity index (χ0) is 23.2. The van der Waals surface area contributed by atoms with Gasteiger partial charge in [0.1, 0.15) is 6.10 Å². The number of hydrogen-bond acceptors (Lipinski definition) is 4. The second kappa shape index (κ2) is 7.56. The van der Waals surface area contributed by atoms with Crippen molar-refractivity contribution in [2.24, 2.45) is 52.3 Å². The fraction of sp³-hybridized carbons (Fsp3) is 0.897. The molecule has 6 rings (SSSR count). The summed E-state index contributed by atoms with van der Waals surface area (Å²) in [6.07, 6.45) is 15.1. The van der Waals surface area contributed by atoms with Crippen molar-refractivity contribution in [2.45, 2.75) is 104 Å². The second-order valence-electron chi connectivity index (χ2n) is 13.3. The van der Waals surface area contributed by atoms with E-state index >= 15 is 0 Å². The Hall–Kier alpha value is -0.870. The molecular formula is C29H44O4. The lowest BCUT2D eigenvalue weighted by molar-refractivity contribution is -0.272. The van der Waals surface area contributed by atoms with E-state index in [9.17, 15) is 4.79 Å². The Kier molecular flexibility index (Phi) is 5.18. The molecule has 3 saturated carbocycles. The molecule has 6 aliphatic rings. The molecule has 4 aliphatic carbocycles. The van der Waals surface area contributed by atoms with Crippen molar-refractivity contribution in [3.8, 4) is 0 Å². The lowest BCUT2D eigenvalue weighted by Gasteiger charge is -2.59. The minimum Gasteiger partial charge on any atom is -0.463 e. The number of carbonyl (C=O) groups excluding carboxylic acids is 1. The molecule has 0 aromatic heterocycles. The Balaban J connectivity index is 1.25. The van der Waals surface area contributed by atoms with Gasteiger partial charge in [0.2, 0.25) is 0 Å². The number of rotatable bonds is 1. The summed E-state index contributed by atoms with van der Waals surface area (Å²) in [7, 11) is 0. The molecule has 4 nitrogen and oxygen atoms in total. The van der Waals surface area contributed by atoms with E-state index in [1.807, 2.05) is 0 Å². The molecule has 1 spiro atoms. The molecule has 0 amide bonds. The minimum absolute atomic E-state index is 0.119. The molecular weight excluding hydrogens is 412 g/mol. The van der Waals surface area contributed by atoms with Crippen LogP contribution in [0.15, 0.2) is 12.2 Å². The molecule has 0 bridgehead atoms. The van der Waals surface area contributed by atoms with Gasteiger partial charge in [-0.1, -0.05) is 39.8 Å². The summed E-state index contributed by atoms with van der Waals surface area (Å²) in [5, 5.41) is 0. The van der Waals surface area contributed by atoms with Crippen LogP contribution >= 0.6 is 0 Å². The van der Waals surface area contributed by atoms with Crippen LogP contribution in [0.4, 0.5) is 0 Å². The van der Waals surface area contributed by atoms with Gasteiger partial charge in [-0.2, -0.15) is 0 Å². The molecule has 5 fully saturated rings. The third-order valence-corrected chi connectivity index (χ3v) is 11.7. The molecule has 0 aromatic rings. The van der Waals surface area contributed by atoms with E-state index in [0.717, 1.165) is 31.8 Å². The van der Waals surface area contributed by atoms with Gasteiger partial charge in [-0.3, -0.25) is 4.79 Å². The van der Waals surface area contributed by atoms with Crippen molar-refractivity contribution in [1.29, 1.82) is 0 Å². The van der Waals surface area contributed by atoms with E-state index in [1.165, 1.54) is 32.1 Å². The van der Waals surface area contributed by atoms with E-state index in [4.69, 9.17) is 14.2 Å². The van der Waals surface area contributed by atoms with Crippen molar-refractivity contribution in [1.82, 2.24) is 0 Å². The normalized spacial score (nSPS) is 57.2. The summed E-state index contributed by atoms with van der Waals surface area (Å²) in [5.41, 5.74) is 0.560. The summed E-state index contributed by atoms with van der Waals surface area (Å²) in [6, 6.07) is 0. The van der Waals surface area contributed by atoms with Crippen LogP contribution in [-0.4, -0.2) is 30.6 Å². The topological polar surface area (TPSA) is 44.8 Å². The van der Waals surface area contributed by atoms with E-state index < -0.39 is 0 Å². The quantitative estimate of drug-likeness (QED) is 0.351. The molecule has 0 N–H and O–H groups in total. The van der Waals surface area contributed by atoms with Crippen LogP contribution in [0.1, 0.15) is 86.0 Å². The average molecular weight is 457 g/mol. The number of ether oxygens (including phenoxy) is 3. The monoisotopic (exact) mass is 456 g/mol. The van der Waals surface area contributed by atoms with Crippen LogP contribution in [0.25, 0.3) is 0 Å². The molecule has 184 valence electrons. The number of hydrogen-bond donors (Lipinski definition) is 0. The fourth-order valence-corrected chi connectivity index (χ4v) is 9.92. The van der Waals surface area contributed by atoms with Crippen molar-refractivity contribution in [3.05, 3.63) is 12.2 Å². The largest absolute Gasteiger partial charge is 0.463 e. The first-order valence-corrected chi connectivity index (χ1v) is 13.8. The summed E-state index contributed by atoms with van der Waals surface area (Å²) in [5.74, 6) is 4.02. The molecule has 0 unspecified atom stereocenters. The number of allylic oxidation sites excluding steroid dienone is 2. The molecule has 12 atom stereocenters. The van der Waals surface area contributed by atoms with Gasteiger partial charge in [0, 0.05) is 25.2 Å². The van der Waals surface area contributed by atoms with Gasteiger partial charge in [-0.15, -0.1) is 0 Å². The summed E-state index contributed by atoms with van der Waals surface area (Å²) in [6.45, 7) is 12.2. The minimum atomic E-state index is -0.334. The molecule has 4 heteroatoms. The van der Waals surface area contributed by atoms with E-state index in [1.54, 1.807) is 6.92 Å².